The molecule has 5 nitrogen and oxygen atoms in total. The number of ether oxygens (including phenoxy) is 1. The van der Waals surface area contributed by atoms with Gasteiger partial charge in [-0.2, -0.15) is 0 Å². The van der Waals surface area contributed by atoms with Gasteiger partial charge in [0.15, 0.2) is 0 Å². The molecule has 1 amide bonds. The van der Waals surface area contributed by atoms with Crippen LogP contribution >= 0.6 is 0 Å². The van der Waals surface area contributed by atoms with E-state index in [-0.39, 0.29) is 18.4 Å². The molecule has 1 aromatic rings. The van der Waals surface area contributed by atoms with E-state index in [0.717, 1.165) is 5.56 Å². The highest BCUT2D eigenvalue weighted by Gasteiger charge is 2.23. The number of esters is 1. The summed E-state index contributed by atoms with van der Waals surface area (Å²) in [7, 11) is 1.32. The largest absolute Gasteiger partial charge is 0.467 e. The maximum atomic E-state index is 12.3. The summed E-state index contributed by atoms with van der Waals surface area (Å²) in [6.45, 7) is 4.24. The summed E-state index contributed by atoms with van der Waals surface area (Å²) in [5, 5.41) is 2.72. The minimum Gasteiger partial charge on any atom is -0.467 e. The molecule has 0 spiro atoms. The third-order valence-electron chi connectivity index (χ3n) is 2.98. The van der Waals surface area contributed by atoms with Gasteiger partial charge in [-0.15, -0.1) is 0 Å². The Morgan fingerprint density at radius 2 is 1.95 bits per heavy atom. The maximum absolute atomic E-state index is 12.3. The third-order valence-corrected chi connectivity index (χ3v) is 2.98. The number of nitrogens with two attached hydrogens (primary N) is 1. The first-order valence-corrected chi connectivity index (χ1v) is 6.66. The number of hydrogen-bond acceptors (Lipinski definition) is 4. The van der Waals surface area contributed by atoms with E-state index in [1.165, 1.54) is 7.11 Å². The number of benzene rings is 1. The van der Waals surface area contributed by atoms with E-state index in [9.17, 15) is 9.59 Å². The van der Waals surface area contributed by atoms with E-state index in [4.69, 9.17) is 10.5 Å². The van der Waals surface area contributed by atoms with E-state index in [1.54, 1.807) is 18.2 Å². The fraction of sp³-hybridized carbons (Fsp3) is 0.467. The van der Waals surface area contributed by atoms with Crippen molar-refractivity contribution in [3.63, 3.8) is 0 Å². The fourth-order valence-corrected chi connectivity index (χ4v) is 1.98. The van der Waals surface area contributed by atoms with Gasteiger partial charge in [0.25, 0.3) is 5.91 Å². The smallest absolute Gasteiger partial charge is 0.328 e. The molecule has 0 aromatic heterocycles. The summed E-state index contributed by atoms with van der Waals surface area (Å²) < 4.78 is 4.73. The average Bonchev–Trinajstić information content (AvgIpc) is 2.45. The van der Waals surface area contributed by atoms with Crippen LogP contribution in [0.15, 0.2) is 24.3 Å². The Morgan fingerprint density at radius 3 is 2.50 bits per heavy atom. The highest BCUT2D eigenvalue weighted by atomic mass is 16.5. The molecule has 0 heterocycles. The molecule has 3 N–H and O–H groups in total. The minimum atomic E-state index is -0.640. The zero-order valence-electron chi connectivity index (χ0n) is 12.2. The predicted octanol–water partition coefficient (Wildman–Crippen LogP) is 1.46. The standard InChI is InChI=1S/C15H22N2O3/c1-10(2)8-13(15(19)20-3)17-14(18)12-7-5-4-6-11(12)9-16/h4-7,10,13H,8-9,16H2,1-3H3,(H,17,18). The van der Waals surface area contributed by atoms with Gasteiger partial charge in [0.1, 0.15) is 6.04 Å². The zero-order valence-corrected chi connectivity index (χ0v) is 12.2. The van der Waals surface area contributed by atoms with Crippen molar-refractivity contribution >= 4 is 11.9 Å². The number of carbonyl (C=O) groups excluding carboxylic acids is 2. The van der Waals surface area contributed by atoms with Crippen LogP contribution in [-0.2, 0) is 16.1 Å². The van der Waals surface area contributed by atoms with Crippen molar-refractivity contribution in [2.75, 3.05) is 7.11 Å². The van der Waals surface area contributed by atoms with Gasteiger partial charge < -0.3 is 15.8 Å². The number of amides is 1. The van der Waals surface area contributed by atoms with Gasteiger partial charge in [-0.3, -0.25) is 4.79 Å². The van der Waals surface area contributed by atoms with Crippen molar-refractivity contribution in [1.29, 1.82) is 0 Å². The lowest BCUT2D eigenvalue weighted by Gasteiger charge is -2.19. The van der Waals surface area contributed by atoms with Crippen LogP contribution in [0.4, 0.5) is 0 Å². The number of methoxy groups -OCH3 is 1. The van der Waals surface area contributed by atoms with Crippen LogP contribution in [0.1, 0.15) is 36.2 Å². The number of carbonyl (C=O) groups is 2. The lowest BCUT2D eigenvalue weighted by molar-refractivity contribution is -0.143. The monoisotopic (exact) mass is 278 g/mol. The third kappa shape index (κ3) is 4.35. The number of nitrogens with one attached hydrogen (secondary N) is 1. The van der Waals surface area contributed by atoms with Gasteiger partial charge in [-0.1, -0.05) is 32.0 Å². The fourth-order valence-electron chi connectivity index (χ4n) is 1.98. The Labute approximate surface area is 119 Å². The lowest BCUT2D eigenvalue weighted by atomic mass is 10.0. The number of hydrogen-bond donors (Lipinski definition) is 2. The molecule has 0 saturated carbocycles. The van der Waals surface area contributed by atoms with Crippen molar-refractivity contribution in [1.82, 2.24) is 5.32 Å². The first-order valence-electron chi connectivity index (χ1n) is 6.66. The van der Waals surface area contributed by atoms with Crippen LogP contribution in [0.5, 0.6) is 0 Å². The van der Waals surface area contributed by atoms with Gasteiger partial charge in [0.2, 0.25) is 0 Å². The molecule has 0 saturated heterocycles. The van der Waals surface area contributed by atoms with Crippen molar-refractivity contribution < 1.29 is 14.3 Å². The van der Waals surface area contributed by atoms with Crippen LogP contribution < -0.4 is 11.1 Å². The molecule has 1 aromatic carbocycles. The van der Waals surface area contributed by atoms with Crippen LogP contribution in [-0.4, -0.2) is 25.0 Å². The summed E-state index contributed by atoms with van der Waals surface area (Å²) in [5.41, 5.74) is 6.86. The molecule has 0 radical (unpaired) electrons. The van der Waals surface area contributed by atoms with E-state index in [1.807, 2.05) is 19.9 Å². The molecule has 0 bridgehead atoms. The molecule has 1 rings (SSSR count). The average molecular weight is 278 g/mol. The molecule has 5 heteroatoms. The van der Waals surface area contributed by atoms with Gasteiger partial charge in [-0.25, -0.2) is 4.79 Å². The van der Waals surface area contributed by atoms with E-state index < -0.39 is 12.0 Å². The van der Waals surface area contributed by atoms with Crippen molar-refractivity contribution in [3.8, 4) is 0 Å². The zero-order chi connectivity index (χ0) is 15.1. The van der Waals surface area contributed by atoms with E-state index in [2.05, 4.69) is 5.32 Å². The highest BCUT2D eigenvalue weighted by molar-refractivity contribution is 5.98. The molecule has 0 aliphatic rings. The molecular formula is C15H22N2O3. The quantitative estimate of drug-likeness (QED) is 0.772. The SMILES string of the molecule is COC(=O)C(CC(C)C)NC(=O)c1ccccc1CN. The molecule has 1 unspecified atom stereocenters. The van der Waals surface area contributed by atoms with Crippen molar-refractivity contribution in [3.05, 3.63) is 35.4 Å². The molecule has 0 aliphatic carbocycles. The van der Waals surface area contributed by atoms with Gasteiger partial charge in [0, 0.05) is 12.1 Å². The first kappa shape index (κ1) is 16.2. The molecule has 110 valence electrons. The second-order valence-corrected chi connectivity index (χ2v) is 5.04. The topological polar surface area (TPSA) is 81.4 Å². The van der Waals surface area contributed by atoms with Gasteiger partial charge >= 0.3 is 5.97 Å². The van der Waals surface area contributed by atoms with Gasteiger partial charge in [0.05, 0.1) is 7.11 Å². The van der Waals surface area contributed by atoms with Crippen molar-refractivity contribution in [2.45, 2.75) is 32.9 Å². The van der Waals surface area contributed by atoms with Crippen molar-refractivity contribution in [2.24, 2.45) is 11.7 Å². The lowest BCUT2D eigenvalue weighted by Crippen LogP contribution is -2.42. The predicted molar refractivity (Wildman–Crippen MR) is 77.1 cm³/mol. The Morgan fingerprint density at radius 1 is 1.30 bits per heavy atom. The normalized spacial score (nSPS) is 12.1. The second-order valence-electron chi connectivity index (χ2n) is 5.04. The summed E-state index contributed by atoms with van der Waals surface area (Å²) in [4.78, 5) is 24.0. The summed E-state index contributed by atoms with van der Waals surface area (Å²) in [5.74, 6) is -0.469. The molecular weight excluding hydrogens is 256 g/mol. The summed E-state index contributed by atoms with van der Waals surface area (Å²) in [6, 6.07) is 6.44. The van der Waals surface area contributed by atoms with E-state index in [0.29, 0.717) is 12.0 Å². The maximum Gasteiger partial charge on any atom is 0.328 e. The number of rotatable bonds is 6. The Balaban J connectivity index is 2.87. The summed E-state index contributed by atoms with van der Waals surface area (Å²) in [6.07, 6.45) is 0.531. The highest BCUT2D eigenvalue weighted by Crippen LogP contribution is 2.11. The Hall–Kier alpha value is -1.88. The molecule has 0 aliphatic heterocycles. The minimum absolute atomic E-state index is 0.268. The first-order chi connectivity index (χ1) is 9.49. The summed E-state index contributed by atoms with van der Waals surface area (Å²) >= 11 is 0. The van der Waals surface area contributed by atoms with Crippen LogP contribution in [0.2, 0.25) is 0 Å². The second kappa shape index (κ2) is 7.65. The van der Waals surface area contributed by atoms with Gasteiger partial charge in [-0.05, 0) is 24.0 Å². The van der Waals surface area contributed by atoms with E-state index >= 15 is 0 Å². The van der Waals surface area contributed by atoms with Crippen LogP contribution in [0.25, 0.3) is 0 Å². The Kier molecular flexibility index (Phi) is 6.18. The molecule has 20 heavy (non-hydrogen) atoms. The van der Waals surface area contributed by atoms with Crippen LogP contribution in [0, 0.1) is 5.92 Å². The Bertz CT molecular complexity index is 472. The van der Waals surface area contributed by atoms with Crippen LogP contribution in [0.3, 0.4) is 0 Å². The molecule has 1 atom stereocenters. The molecule has 0 fully saturated rings.